The number of hydrogen-bond donors (Lipinski definition) is 5. The summed E-state index contributed by atoms with van der Waals surface area (Å²) in [5.41, 5.74) is 3.61. The summed E-state index contributed by atoms with van der Waals surface area (Å²) in [5, 5.41) is 26.1. The first-order chi connectivity index (χ1) is 17.3. The maximum atomic E-state index is 11.9. The number of aliphatic hydroxyl groups is 2. The van der Waals surface area contributed by atoms with Crippen molar-refractivity contribution in [2.24, 2.45) is 5.92 Å². The standard InChI is InChI=1S/C21H25ClN4O9P2/c1-12(10-34-37(32,33)11-36(29,30)31)18(27)21(28)19(35-21)20-23-9-16-15(8-17(22)24-26(16)20)25-7-6-13-4-2-3-5-14(13)25/h2-5,8-9,12,18-19,27-28H,6-7,10-11H2,1H3,(H,32,33)(H2,29,30,31)/t12-,18+,19+,21-/m1/s1. The van der Waals surface area contributed by atoms with Gasteiger partial charge in [-0.15, -0.1) is 0 Å². The Bertz CT molecular complexity index is 1450. The van der Waals surface area contributed by atoms with Gasteiger partial charge in [0.15, 0.2) is 23.0 Å². The van der Waals surface area contributed by atoms with Gasteiger partial charge in [-0.25, -0.2) is 9.50 Å². The third-order valence-electron chi connectivity index (χ3n) is 6.38. The smallest absolute Gasteiger partial charge is 0.340 e. The summed E-state index contributed by atoms with van der Waals surface area (Å²) < 4.78 is 34.5. The Kier molecular flexibility index (Phi) is 6.78. The second kappa shape index (κ2) is 9.39. The van der Waals surface area contributed by atoms with Crippen LogP contribution in [0.2, 0.25) is 5.15 Å². The Labute approximate surface area is 215 Å². The van der Waals surface area contributed by atoms with Crippen LogP contribution < -0.4 is 4.90 Å². The predicted molar refractivity (Wildman–Crippen MR) is 132 cm³/mol. The van der Waals surface area contributed by atoms with Gasteiger partial charge in [-0.3, -0.25) is 9.13 Å². The first kappa shape index (κ1) is 26.7. The van der Waals surface area contributed by atoms with Crippen LogP contribution in [0.5, 0.6) is 0 Å². The van der Waals surface area contributed by atoms with E-state index in [-0.39, 0.29) is 11.0 Å². The molecule has 0 saturated carbocycles. The molecule has 16 heteroatoms. The van der Waals surface area contributed by atoms with Crippen molar-refractivity contribution in [1.82, 2.24) is 14.6 Å². The van der Waals surface area contributed by atoms with E-state index in [1.165, 1.54) is 17.0 Å². The van der Waals surface area contributed by atoms with Gasteiger partial charge in [0.2, 0.25) is 5.79 Å². The van der Waals surface area contributed by atoms with Crippen LogP contribution >= 0.6 is 26.8 Å². The van der Waals surface area contributed by atoms with Gasteiger partial charge in [-0.1, -0.05) is 36.7 Å². The molecule has 0 aliphatic carbocycles. The number of hydrogen-bond acceptors (Lipinski definition) is 9. The summed E-state index contributed by atoms with van der Waals surface area (Å²) >= 11 is 6.34. The minimum Gasteiger partial charge on any atom is -0.387 e. The zero-order chi connectivity index (χ0) is 26.8. The summed E-state index contributed by atoms with van der Waals surface area (Å²) in [5.74, 6) is -4.22. The predicted octanol–water partition coefficient (Wildman–Crippen LogP) is 2.17. The fourth-order valence-corrected chi connectivity index (χ4v) is 7.39. The molecule has 5 atom stereocenters. The molecule has 5 N–H and O–H groups in total. The highest BCUT2D eigenvalue weighted by Gasteiger charge is 2.64. The lowest BCUT2D eigenvalue weighted by molar-refractivity contribution is -0.0993. The third kappa shape index (κ3) is 5.22. The van der Waals surface area contributed by atoms with E-state index in [9.17, 15) is 24.2 Å². The number of halogens is 1. The lowest BCUT2D eigenvalue weighted by Crippen LogP contribution is -2.38. The van der Waals surface area contributed by atoms with Gasteiger partial charge < -0.3 is 39.1 Å². The Morgan fingerprint density at radius 1 is 1.27 bits per heavy atom. The maximum absolute atomic E-state index is 11.9. The topological polar surface area (TPSA) is 190 Å². The van der Waals surface area contributed by atoms with E-state index < -0.39 is 51.6 Å². The molecule has 0 spiro atoms. The molecule has 5 rings (SSSR count). The van der Waals surface area contributed by atoms with E-state index in [4.69, 9.17) is 30.6 Å². The number of nitrogens with zero attached hydrogens (tertiary/aromatic N) is 4. The number of aromatic nitrogens is 3. The van der Waals surface area contributed by atoms with Crippen molar-refractivity contribution in [1.29, 1.82) is 0 Å². The van der Waals surface area contributed by atoms with Crippen LogP contribution in [0.15, 0.2) is 36.5 Å². The minimum absolute atomic E-state index is 0.182. The first-order valence-corrected chi connectivity index (χ1v) is 15.2. The van der Waals surface area contributed by atoms with E-state index in [0.717, 1.165) is 24.3 Å². The largest absolute Gasteiger partial charge is 0.387 e. The molecule has 2 aliphatic heterocycles. The van der Waals surface area contributed by atoms with Gasteiger partial charge >= 0.3 is 15.2 Å². The van der Waals surface area contributed by atoms with Gasteiger partial charge in [0.05, 0.1) is 18.5 Å². The molecular formula is C21H25ClN4O9P2. The molecule has 200 valence electrons. The highest BCUT2D eigenvalue weighted by atomic mass is 35.5. The molecular weight excluding hydrogens is 550 g/mol. The summed E-state index contributed by atoms with van der Waals surface area (Å²) in [7, 11) is -9.42. The molecule has 4 heterocycles. The Hall–Kier alpha value is -1.89. The number of para-hydroxylation sites is 1. The SMILES string of the molecule is C[C@H](COP(=O)(O)CP(=O)(O)O)[C@H](O)[C@@]1(O)O[C@H]1c1ncc2c(N3CCc4ccccc43)cc(Cl)nn12. The Morgan fingerprint density at radius 2 is 2.00 bits per heavy atom. The zero-order valence-corrected chi connectivity index (χ0v) is 22.0. The lowest BCUT2D eigenvalue weighted by Gasteiger charge is -2.23. The summed E-state index contributed by atoms with van der Waals surface area (Å²) in [4.78, 5) is 33.9. The number of benzene rings is 1. The van der Waals surface area contributed by atoms with Crippen LogP contribution in [0.1, 0.15) is 24.4 Å². The normalized spacial score (nSPS) is 24.6. The molecule has 1 saturated heterocycles. The molecule has 13 nitrogen and oxygen atoms in total. The molecule has 0 bridgehead atoms. The highest BCUT2D eigenvalue weighted by Crippen LogP contribution is 2.56. The van der Waals surface area contributed by atoms with Crippen molar-refractivity contribution in [3.63, 3.8) is 0 Å². The molecule has 1 fully saturated rings. The van der Waals surface area contributed by atoms with E-state index in [2.05, 4.69) is 21.0 Å². The number of epoxide rings is 1. The fraction of sp³-hybridized carbons (Fsp3) is 0.429. The molecule has 0 radical (unpaired) electrons. The van der Waals surface area contributed by atoms with Crippen LogP contribution in [0.25, 0.3) is 5.52 Å². The lowest BCUT2D eigenvalue weighted by atomic mass is 9.98. The van der Waals surface area contributed by atoms with Crippen LogP contribution in [-0.2, 0) is 24.8 Å². The van der Waals surface area contributed by atoms with Crippen molar-refractivity contribution < 1.29 is 43.3 Å². The van der Waals surface area contributed by atoms with Crippen LogP contribution in [-0.4, -0.2) is 70.4 Å². The maximum Gasteiger partial charge on any atom is 0.340 e. The van der Waals surface area contributed by atoms with Crippen LogP contribution in [0.3, 0.4) is 0 Å². The van der Waals surface area contributed by atoms with E-state index in [1.54, 1.807) is 12.3 Å². The molecule has 2 aliphatic rings. The second-order valence-electron chi connectivity index (χ2n) is 9.21. The van der Waals surface area contributed by atoms with Gasteiger partial charge in [0.1, 0.15) is 11.6 Å². The number of rotatable bonds is 9. The Balaban J connectivity index is 1.36. The monoisotopic (exact) mass is 574 g/mol. The zero-order valence-electron chi connectivity index (χ0n) is 19.5. The van der Waals surface area contributed by atoms with Crippen molar-refractivity contribution in [2.45, 2.75) is 31.3 Å². The average molecular weight is 575 g/mol. The van der Waals surface area contributed by atoms with Gasteiger partial charge in [-0.05, 0) is 18.1 Å². The summed E-state index contributed by atoms with van der Waals surface area (Å²) in [6.45, 7) is 1.57. The average Bonchev–Trinajstić information content (AvgIpc) is 3.15. The highest BCUT2D eigenvalue weighted by molar-refractivity contribution is 7.70. The van der Waals surface area contributed by atoms with Crippen molar-refractivity contribution in [2.75, 3.05) is 24.0 Å². The molecule has 2 aromatic heterocycles. The first-order valence-electron chi connectivity index (χ1n) is 11.3. The number of fused-ring (bicyclic) bond motifs is 2. The fourth-order valence-electron chi connectivity index (χ4n) is 4.56. The number of ether oxygens (including phenoxy) is 1. The molecule has 37 heavy (non-hydrogen) atoms. The van der Waals surface area contributed by atoms with Gasteiger partial charge in [0.25, 0.3) is 0 Å². The van der Waals surface area contributed by atoms with Crippen molar-refractivity contribution >= 4 is 43.7 Å². The number of aliphatic hydroxyl groups excluding tert-OH is 1. The number of imidazole rings is 1. The van der Waals surface area contributed by atoms with Crippen LogP contribution in [0, 0.1) is 5.92 Å². The van der Waals surface area contributed by atoms with E-state index in [0.29, 0.717) is 5.52 Å². The van der Waals surface area contributed by atoms with Gasteiger partial charge in [0, 0.05) is 24.2 Å². The Morgan fingerprint density at radius 3 is 2.73 bits per heavy atom. The van der Waals surface area contributed by atoms with E-state index >= 15 is 0 Å². The van der Waals surface area contributed by atoms with Crippen molar-refractivity contribution in [3.05, 3.63) is 53.1 Å². The van der Waals surface area contributed by atoms with Crippen molar-refractivity contribution in [3.8, 4) is 0 Å². The van der Waals surface area contributed by atoms with Gasteiger partial charge in [-0.2, -0.15) is 5.10 Å². The minimum atomic E-state index is -4.80. The molecule has 3 aromatic rings. The quantitative estimate of drug-likeness (QED) is 0.185. The molecule has 0 amide bonds. The third-order valence-corrected chi connectivity index (χ3v) is 10.0. The summed E-state index contributed by atoms with van der Waals surface area (Å²) in [6.07, 6.45) is -0.257. The summed E-state index contributed by atoms with van der Waals surface area (Å²) in [6, 6.07) is 9.73. The molecule has 1 unspecified atom stereocenters. The van der Waals surface area contributed by atoms with E-state index in [1.807, 2.05) is 18.2 Å². The second-order valence-corrected chi connectivity index (χ2v) is 13.6. The van der Waals surface area contributed by atoms with Crippen LogP contribution in [0.4, 0.5) is 11.4 Å². The number of anilines is 2. The molecule has 1 aromatic carbocycles.